The van der Waals surface area contributed by atoms with E-state index < -0.39 is 0 Å². The molecule has 2 N–H and O–H groups in total. The summed E-state index contributed by atoms with van der Waals surface area (Å²) in [5.41, 5.74) is 11.6. The quantitative estimate of drug-likeness (QED) is 0.395. The molecule has 2 aromatic carbocycles. The summed E-state index contributed by atoms with van der Waals surface area (Å²) in [6, 6.07) is 12.1. The summed E-state index contributed by atoms with van der Waals surface area (Å²) in [7, 11) is 3.96. The molecule has 0 saturated heterocycles. The number of rotatable bonds is 5. The zero-order valence-corrected chi connectivity index (χ0v) is 17.0. The van der Waals surface area contributed by atoms with E-state index in [2.05, 4.69) is 36.8 Å². The smallest absolute Gasteiger partial charge is 0.134 e. The van der Waals surface area contributed by atoms with Gasteiger partial charge in [-0.2, -0.15) is 0 Å². The number of nitrogens with two attached hydrogens (primary N) is 1. The number of nitrogen functional groups attached to an aromatic ring is 1. The van der Waals surface area contributed by atoms with Gasteiger partial charge in [0, 0.05) is 49.0 Å². The molecule has 0 aliphatic rings. The van der Waals surface area contributed by atoms with Crippen LogP contribution in [0.4, 0.5) is 11.4 Å². The van der Waals surface area contributed by atoms with Crippen LogP contribution in [0.3, 0.4) is 0 Å². The largest absolute Gasteiger partial charge is 0.398 e. The fraction of sp³-hybridized carbons (Fsp3) is 0.261. The minimum atomic E-state index is 0.741. The number of nitrogens with zero attached hydrogens (tertiary/aromatic N) is 4. The molecule has 3 aromatic rings. The van der Waals surface area contributed by atoms with Gasteiger partial charge in [-0.25, -0.2) is 0 Å². The Bertz CT molecular complexity index is 1050. The van der Waals surface area contributed by atoms with E-state index in [4.69, 9.17) is 15.7 Å². The fourth-order valence-electron chi connectivity index (χ4n) is 3.49. The number of anilines is 1. The van der Waals surface area contributed by atoms with E-state index in [0.29, 0.717) is 0 Å². The Hall–Kier alpha value is -3.21. The van der Waals surface area contributed by atoms with E-state index in [1.165, 1.54) is 0 Å². The fourth-order valence-corrected chi connectivity index (χ4v) is 3.49. The molecular weight excluding hydrogens is 346 g/mol. The monoisotopic (exact) mass is 373 g/mol. The highest BCUT2D eigenvalue weighted by Crippen LogP contribution is 2.37. The van der Waals surface area contributed by atoms with Crippen molar-refractivity contribution in [3.05, 3.63) is 53.7 Å². The van der Waals surface area contributed by atoms with E-state index in [9.17, 15) is 0 Å². The topological polar surface area (TPSA) is 66.9 Å². The van der Waals surface area contributed by atoms with Crippen LogP contribution < -0.4 is 5.73 Å². The maximum absolute atomic E-state index is 6.30. The highest BCUT2D eigenvalue weighted by atomic mass is 15.1. The van der Waals surface area contributed by atoms with E-state index in [-0.39, 0.29) is 0 Å². The zero-order chi connectivity index (χ0) is 20.3. The van der Waals surface area contributed by atoms with Crippen LogP contribution in [0.5, 0.6) is 0 Å². The van der Waals surface area contributed by atoms with Crippen molar-refractivity contribution in [2.24, 2.45) is 9.98 Å². The lowest BCUT2D eigenvalue weighted by molar-refractivity contribution is 0.618. The molecule has 0 aliphatic carbocycles. The van der Waals surface area contributed by atoms with Gasteiger partial charge in [0.05, 0.1) is 16.9 Å². The van der Waals surface area contributed by atoms with Crippen LogP contribution in [0.1, 0.15) is 24.5 Å². The summed E-state index contributed by atoms with van der Waals surface area (Å²) in [5.74, 6) is 0.865. The average molecular weight is 374 g/mol. The molecule has 3 rings (SSSR count). The van der Waals surface area contributed by atoms with Gasteiger partial charge >= 0.3 is 0 Å². The minimum absolute atomic E-state index is 0.741. The van der Waals surface area contributed by atoms with Gasteiger partial charge in [-0.1, -0.05) is 37.3 Å². The third-order valence-corrected chi connectivity index (χ3v) is 4.79. The minimum Gasteiger partial charge on any atom is -0.398 e. The van der Waals surface area contributed by atoms with Crippen LogP contribution in [0.15, 0.2) is 52.6 Å². The summed E-state index contributed by atoms with van der Waals surface area (Å²) >= 11 is 0. The number of hydrogen-bond donors (Lipinski definition) is 1. The Morgan fingerprint density at radius 2 is 1.89 bits per heavy atom. The van der Waals surface area contributed by atoms with E-state index >= 15 is 0 Å². The Balaban J connectivity index is 2.26. The highest BCUT2D eigenvalue weighted by Gasteiger charge is 2.18. The van der Waals surface area contributed by atoms with Crippen molar-refractivity contribution >= 4 is 34.7 Å². The van der Waals surface area contributed by atoms with Gasteiger partial charge in [0.15, 0.2) is 0 Å². The van der Waals surface area contributed by atoms with E-state index in [0.717, 1.165) is 63.3 Å². The van der Waals surface area contributed by atoms with Gasteiger partial charge in [-0.05, 0) is 31.5 Å². The van der Waals surface area contributed by atoms with Crippen molar-refractivity contribution in [2.45, 2.75) is 20.3 Å². The van der Waals surface area contributed by atoms with Gasteiger partial charge in [0.1, 0.15) is 5.84 Å². The first-order chi connectivity index (χ1) is 13.5. The van der Waals surface area contributed by atoms with Gasteiger partial charge in [-0.3, -0.25) is 15.0 Å². The Kier molecular flexibility index (Phi) is 5.73. The normalized spacial score (nSPS) is 11.6. The van der Waals surface area contributed by atoms with Crippen molar-refractivity contribution in [1.82, 2.24) is 9.88 Å². The Morgan fingerprint density at radius 3 is 2.54 bits per heavy atom. The van der Waals surface area contributed by atoms with E-state index in [1.807, 2.05) is 50.3 Å². The van der Waals surface area contributed by atoms with Crippen molar-refractivity contribution in [3.63, 3.8) is 0 Å². The standard InChI is InChI=1S/C23H27N5/c1-6-13-26-23(28(4)5)18-14-27-22(15(2)21(18)25-3)17-11-7-9-16-10-8-12-19(24)20(16)17/h7-12,14H,3,6,13,24H2,1-2,4-5H3/b26-23+. The molecule has 1 aromatic heterocycles. The van der Waals surface area contributed by atoms with Crippen molar-refractivity contribution in [2.75, 3.05) is 26.4 Å². The van der Waals surface area contributed by atoms with Crippen molar-refractivity contribution in [1.29, 1.82) is 0 Å². The number of pyridine rings is 1. The number of hydrogen-bond acceptors (Lipinski definition) is 4. The molecule has 0 fully saturated rings. The molecule has 0 atom stereocenters. The first kappa shape index (κ1) is 19.5. The molecule has 0 saturated carbocycles. The van der Waals surface area contributed by atoms with Crippen LogP contribution in [0.2, 0.25) is 0 Å². The Morgan fingerprint density at radius 1 is 1.18 bits per heavy atom. The molecule has 0 unspecified atom stereocenters. The number of fused-ring (bicyclic) bond motifs is 1. The third-order valence-electron chi connectivity index (χ3n) is 4.79. The lowest BCUT2D eigenvalue weighted by Gasteiger charge is -2.20. The van der Waals surface area contributed by atoms with Crippen LogP contribution in [0, 0.1) is 6.92 Å². The summed E-state index contributed by atoms with van der Waals surface area (Å²) in [5, 5.41) is 2.10. The second-order valence-electron chi connectivity index (χ2n) is 7.00. The number of benzene rings is 2. The molecule has 0 aliphatic heterocycles. The maximum Gasteiger partial charge on any atom is 0.134 e. The van der Waals surface area contributed by atoms with E-state index in [1.54, 1.807) is 0 Å². The highest BCUT2D eigenvalue weighted by molar-refractivity contribution is 6.07. The summed E-state index contributed by atoms with van der Waals surface area (Å²) < 4.78 is 0. The molecule has 28 heavy (non-hydrogen) atoms. The third kappa shape index (κ3) is 3.48. The van der Waals surface area contributed by atoms with Crippen LogP contribution in [0.25, 0.3) is 22.0 Å². The lowest BCUT2D eigenvalue weighted by atomic mass is 9.96. The van der Waals surface area contributed by atoms with Crippen LogP contribution >= 0.6 is 0 Å². The molecule has 0 radical (unpaired) electrons. The second-order valence-corrected chi connectivity index (χ2v) is 7.00. The van der Waals surface area contributed by atoms with Gasteiger partial charge in [-0.15, -0.1) is 0 Å². The molecule has 1 heterocycles. The predicted molar refractivity (Wildman–Crippen MR) is 121 cm³/mol. The summed E-state index contributed by atoms with van der Waals surface area (Å²) in [6.45, 7) is 8.71. The summed E-state index contributed by atoms with van der Waals surface area (Å²) in [6.07, 6.45) is 2.83. The first-order valence-electron chi connectivity index (χ1n) is 9.45. The molecule has 0 amide bonds. The summed E-state index contributed by atoms with van der Waals surface area (Å²) in [4.78, 5) is 15.9. The Labute approximate surface area is 166 Å². The number of amidine groups is 1. The molecule has 144 valence electrons. The number of aromatic nitrogens is 1. The lowest BCUT2D eigenvalue weighted by Crippen LogP contribution is -2.24. The predicted octanol–water partition coefficient (Wildman–Crippen LogP) is 4.84. The first-order valence-corrected chi connectivity index (χ1v) is 9.45. The van der Waals surface area contributed by atoms with Crippen molar-refractivity contribution < 1.29 is 0 Å². The number of aliphatic imine (C=N–C) groups is 2. The average Bonchev–Trinajstić information content (AvgIpc) is 2.68. The van der Waals surface area contributed by atoms with Gasteiger partial charge in [0.2, 0.25) is 0 Å². The van der Waals surface area contributed by atoms with Crippen LogP contribution in [-0.4, -0.2) is 43.1 Å². The van der Waals surface area contributed by atoms with Crippen molar-refractivity contribution in [3.8, 4) is 11.3 Å². The van der Waals surface area contributed by atoms with Gasteiger partial charge in [0.25, 0.3) is 0 Å². The zero-order valence-electron chi connectivity index (χ0n) is 17.0. The SMILES string of the molecule is C=Nc1c(/C(=N\CCC)N(C)C)cnc(-c2cccc3cccc(N)c23)c1C. The van der Waals surface area contributed by atoms with Crippen LogP contribution in [-0.2, 0) is 0 Å². The maximum atomic E-state index is 6.30. The molecule has 5 heteroatoms. The molecule has 5 nitrogen and oxygen atoms in total. The molecular formula is C23H27N5. The molecule has 0 bridgehead atoms. The molecule has 0 spiro atoms. The second kappa shape index (κ2) is 8.21. The van der Waals surface area contributed by atoms with Gasteiger partial charge < -0.3 is 10.6 Å².